The largest absolute Gasteiger partial charge is 0.379 e. The van der Waals surface area contributed by atoms with E-state index in [1.165, 1.54) is 122 Å². The van der Waals surface area contributed by atoms with Crippen LogP contribution >= 0.6 is 0 Å². The molecule has 0 aliphatic carbocycles. The summed E-state index contributed by atoms with van der Waals surface area (Å²) in [4.78, 5) is 0. The summed E-state index contributed by atoms with van der Waals surface area (Å²) in [6.45, 7) is 5.30. The van der Waals surface area contributed by atoms with Crippen LogP contribution in [0, 0.1) is 0 Å². The molecule has 1 atom stereocenters. The van der Waals surface area contributed by atoms with Gasteiger partial charge >= 0.3 is 0 Å². The zero-order valence-corrected chi connectivity index (χ0v) is 19.6. The number of halogens is 1. The second kappa shape index (κ2) is 24.9. The van der Waals surface area contributed by atoms with Crippen molar-refractivity contribution in [1.29, 1.82) is 0 Å². The van der Waals surface area contributed by atoms with Crippen molar-refractivity contribution >= 4 is 0 Å². The van der Waals surface area contributed by atoms with Crippen LogP contribution in [-0.2, 0) is 4.74 Å². The molecule has 0 spiro atoms. The average molecular weight is 401 g/mol. The first-order valence-corrected chi connectivity index (χ1v) is 13.0. The van der Waals surface area contributed by atoms with Crippen LogP contribution in [0.4, 0.5) is 4.39 Å². The minimum absolute atomic E-state index is 0.149. The lowest BCUT2D eigenvalue weighted by Gasteiger charge is -2.13. The van der Waals surface area contributed by atoms with Crippen molar-refractivity contribution in [2.24, 2.45) is 0 Å². The first-order valence-electron chi connectivity index (χ1n) is 13.0. The molecule has 0 aliphatic heterocycles. The van der Waals surface area contributed by atoms with Crippen LogP contribution in [-0.4, -0.2) is 19.4 Å². The van der Waals surface area contributed by atoms with Gasteiger partial charge in [0.1, 0.15) is 0 Å². The molecular formula is C26H53FO. The van der Waals surface area contributed by atoms with Gasteiger partial charge in [0, 0.05) is 6.61 Å². The Hall–Kier alpha value is -0.110. The molecule has 28 heavy (non-hydrogen) atoms. The Bertz CT molecular complexity index is 269. The predicted molar refractivity (Wildman–Crippen MR) is 124 cm³/mol. The van der Waals surface area contributed by atoms with E-state index in [2.05, 4.69) is 13.8 Å². The Morgan fingerprint density at radius 2 is 0.929 bits per heavy atom. The van der Waals surface area contributed by atoms with Crippen LogP contribution in [0.15, 0.2) is 0 Å². The van der Waals surface area contributed by atoms with Gasteiger partial charge in [0.25, 0.3) is 0 Å². The smallest absolute Gasteiger partial charge is 0.0894 e. The van der Waals surface area contributed by atoms with Gasteiger partial charge in [0.15, 0.2) is 0 Å². The Kier molecular flexibility index (Phi) is 24.8. The zero-order valence-electron chi connectivity index (χ0n) is 19.6. The first kappa shape index (κ1) is 27.9. The Balaban J connectivity index is 3.10. The fourth-order valence-corrected chi connectivity index (χ4v) is 3.90. The third-order valence-electron chi connectivity index (χ3n) is 5.89. The molecule has 0 saturated heterocycles. The Labute approximate surface area is 177 Å². The van der Waals surface area contributed by atoms with Crippen molar-refractivity contribution in [3.63, 3.8) is 0 Å². The summed E-state index contributed by atoms with van der Waals surface area (Å²) < 4.78 is 17.9. The fraction of sp³-hybridized carbons (Fsp3) is 1.00. The van der Waals surface area contributed by atoms with Crippen LogP contribution < -0.4 is 0 Å². The molecule has 0 saturated carbocycles. The van der Waals surface area contributed by atoms with Gasteiger partial charge in [-0.05, 0) is 26.2 Å². The molecule has 0 aromatic heterocycles. The third kappa shape index (κ3) is 23.9. The van der Waals surface area contributed by atoms with Crippen LogP contribution in [0.3, 0.4) is 0 Å². The molecule has 0 amide bonds. The van der Waals surface area contributed by atoms with Crippen molar-refractivity contribution in [2.75, 3.05) is 13.3 Å². The molecule has 1 nitrogen and oxygen atoms in total. The van der Waals surface area contributed by atoms with Gasteiger partial charge in [0.05, 0.1) is 12.8 Å². The Morgan fingerprint density at radius 1 is 0.536 bits per heavy atom. The van der Waals surface area contributed by atoms with Crippen molar-refractivity contribution in [2.45, 2.75) is 155 Å². The fourth-order valence-electron chi connectivity index (χ4n) is 3.90. The lowest BCUT2D eigenvalue weighted by molar-refractivity contribution is 0.0557. The first-order chi connectivity index (χ1) is 13.8. The highest BCUT2D eigenvalue weighted by atomic mass is 19.1. The summed E-state index contributed by atoms with van der Waals surface area (Å²) >= 11 is 0. The number of unbranched alkanes of at least 4 members (excludes halogenated alkanes) is 18. The van der Waals surface area contributed by atoms with Crippen molar-refractivity contribution < 1.29 is 9.13 Å². The average Bonchev–Trinajstić information content (AvgIpc) is 2.70. The minimum Gasteiger partial charge on any atom is -0.379 e. The molecule has 0 rings (SSSR count). The summed E-state index contributed by atoms with van der Waals surface area (Å²) in [6, 6.07) is 0. The van der Waals surface area contributed by atoms with E-state index in [4.69, 9.17) is 4.74 Å². The molecule has 0 heterocycles. The molecule has 0 aliphatic rings. The van der Waals surface area contributed by atoms with Gasteiger partial charge < -0.3 is 4.74 Å². The zero-order chi connectivity index (χ0) is 20.5. The highest BCUT2D eigenvalue weighted by Crippen LogP contribution is 2.14. The van der Waals surface area contributed by atoms with Crippen LogP contribution in [0.5, 0.6) is 0 Å². The lowest BCUT2D eigenvalue weighted by atomic mass is 10.0. The third-order valence-corrected chi connectivity index (χ3v) is 5.89. The maximum absolute atomic E-state index is 12.0. The van der Waals surface area contributed by atoms with Crippen LogP contribution in [0.1, 0.15) is 149 Å². The summed E-state index contributed by atoms with van der Waals surface area (Å²) in [5.41, 5.74) is 0. The molecule has 0 bridgehead atoms. The van der Waals surface area contributed by atoms with E-state index in [-0.39, 0.29) is 6.67 Å². The summed E-state index contributed by atoms with van der Waals surface area (Å²) in [7, 11) is 0. The molecular weight excluding hydrogens is 347 g/mol. The van der Waals surface area contributed by atoms with E-state index in [1.807, 2.05) is 0 Å². The molecule has 0 fully saturated rings. The van der Waals surface area contributed by atoms with Crippen molar-refractivity contribution in [1.82, 2.24) is 0 Å². The SMILES string of the molecule is CCCCCCCCCCCCCCCCOC(C)CCCCCCCCF. The molecule has 2 heteroatoms. The predicted octanol–water partition coefficient (Wildman–Crippen LogP) is 9.57. The van der Waals surface area contributed by atoms with Gasteiger partial charge in [-0.3, -0.25) is 4.39 Å². The van der Waals surface area contributed by atoms with Crippen LogP contribution in [0.2, 0.25) is 0 Å². The van der Waals surface area contributed by atoms with Crippen molar-refractivity contribution in [3.05, 3.63) is 0 Å². The highest BCUT2D eigenvalue weighted by molar-refractivity contribution is 4.54. The molecule has 0 aromatic carbocycles. The van der Waals surface area contributed by atoms with Gasteiger partial charge in [-0.25, -0.2) is 0 Å². The number of hydrogen-bond donors (Lipinski definition) is 0. The number of hydrogen-bond acceptors (Lipinski definition) is 1. The van der Waals surface area contributed by atoms with Gasteiger partial charge in [-0.1, -0.05) is 122 Å². The number of alkyl halides is 1. The van der Waals surface area contributed by atoms with Gasteiger partial charge in [-0.2, -0.15) is 0 Å². The second-order valence-electron chi connectivity index (χ2n) is 8.88. The molecule has 0 N–H and O–H groups in total. The topological polar surface area (TPSA) is 9.23 Å². The molecule has 170 valence electrons. The maximum atomic E-state index is 12.0. The Morgan fingerprint density at radius 3 is 1.39 bits per heavy atom. The summed E-state index contributed by atoms with van der Waals surface area (Å²) in [5.74, 6) is 0. The van der Waals surface area contributed by atoms with Gasteiger partial charge in [0.2, 0.25) is 0 Å². The highest BCUT2D eigenvalue weighted by Gasteiger charge is 2.02. The van der Waals surface area contributed by atoms with E-state index >= 15 is 0 Å². The van der Waals surface area contributed by atoms with E-state index in [9.17, 15) is 4.39 Å². The van der Waals surface area contributed by atoms with E-state index in [1.54, 1.807) is 0 Å². The van der Waals surface area contributed by atoms with E-state index < -0.39 is 0 Å². The summed E-state index contributed by atoms with van der Waals surface area (Å²) in [6.07, 6.45) is 28.1. The summed E-state index contributed by atoms with van der Waals surface area (Å²) in [5, 5.41) is 0. The molecule has 1 unspecified atom stereocenters. The monoisotopic (exact) mass is 400 g/mol. The standard InChI is InChI=1S/C26H53FO/c1-3-4-5-6-7-8-9-10-11-12-13-16-19-22-25-28-26(2)23-20-17-14-15-18-21-24-27/h26H,3-25H2,1-2H3. The second-order valence-corrected chi connectivity index (χ2v) is 8.88. The minimum atomic E-state index is -0.149. The molecule has 0 radical (unpaired) electrons. The van der Waals surface area contributed by atoms with E-state index in [0.717, 1.165) is 19.4 Å². The number of ether oxygens (including phenoxy) is 1. The van der Waals surface area contributed by atoms with Crippen LogP contribution in [0.25, 0.3) is 0 Å². The lowest BCUT2D eigenvalue weighted by Crippen LogP contribution is -2.09. The number of rotatable bonds is 24. The molecule has 0 aromatic rings. The van der Waals surface area contributed by atoms with E-state index in [0.29, 0.717) is 6.10 Å². The maximum Gasteiger partial charge on any atom is 0.0894 e. The normalized spacial score (nSPS) is 12.5. The van der Waals surface area contributed by atoms with Gasteiger partial charge in [-0.15, -0.1) is 0 Å². The van der Waals surface area contributed by atoms with Crippen molar-refractivity contribution in [3.8, 4) is 0 Å². The quantitative estimate of drug-likeness (QED) is 0.146.